The van der Waals surface area contributed by atoms with E-state index in [1.54, 1.807) is 4.90 Å². The summed E-state index contributed by atoms with van der Waals surface area (Å²) in [5.74, 6) is -1.97. The van der Waals surface area contributed by atoms with Gasteiger partial charge in [0.2, 0.25) is 11.8 Å². The second-order valence-electron chi connectivity index (χ2n) is 6.58. The molecule has 2 fully saturated rings. The molecule has 6 heteroatoms. The number of anilines is 1. The summed E-state index contributed by atoms with van der Waals surface area (Å²) in [6, 6.07) is 9.33. The fourth-order valence-electron chi connectivity index (χ4n) is 3.45. The van der Waals surface area contributed by atoms with Crippen LogP contribution in [0.1, 0.15) is 25.7 Å². The van der Waals surface area contributed by atoms with Crippen LogP contribution in [0.2, 0.25) is 0 Å². The van der Waals surface area contributed by atoms with Gasteiger partial charge in [0.25, 0.3) is 0 Å². The van der Waals surface area contributed by atoms with Gasteiger partial charge in [0.15, 0.2) is 0 Å². The average Bonchev–Trinajstić information content (AvgIpc) is 2.54. The highest BCUT2D eigenvalue weighted by atomic mass is 16.4. The molecule has 2 amide bonds. The minimum atomic E-state index is -0.878. The molecule has 1 saturated carbocycles. The molecule has 128 valence electrons. The number of para-hydroxylation sites is 1. The molecule has 0 radical (unpaired) electrons. The highest BCUT2D eigenvalue weighted by Crippen LogP contribution is 2.36. The minimum Gasteiger partial charge on any atom is -0.481 e. The van der Waals surface area contributed by atoms with E-state index in [-0.39, 0.29) is 23.7 Å². The van der Waals surface area contributed by atoms with Gasteiger partial charge in [-0.25, -0.2) is 0 Å². The molecule has 1 aliphatic heterocycles. The average molecular weight is 330 g/mol. The van der Waals surface area contributed by atoms with Crippen molar-refractivity contribution in [1.29, 1.82) is 0 Å². The van der Waals surface area contributed by atoms with E-state index in [1.807, 2.05) is 30.3 Å². The normalized spacial score (nSPS) is 24.1. The summed E-state index contributed by atoms with van der Waals surface area (Å²) in [4.78, 5) is 37.5. The molecule has 0 aromatic heterocycles. The standard InChI is InChI=1S/C18H22N2O4/c21-16(19-13-4-2-1-3-5-13)12-8-10-20(11-9-12)17(22)14-6-7-15(14)18(23)24/h1-5,12,14-15H,6-11H2,(H,19,21)(H,23,24). The Morgan fingerprint density at radius 2 is 1.58 bits per heavy atom. The Kier molecular flexibility index (Phi) is 4.83. The number of likely N-dealkylation sites (tertiary alicyclic amines) is 1. The molecule has 1 aromatic carbocycles. The molecule has 3 rings (SSSR count). The Morgan fingerprint density at radius 1 is 0.958 bits per heavy atom. The predicted molar refractivity (Wildman–Crippen MR) is 88.2 cm³/mol. The van der Waals surface area contributed by atoms with E-state index in [2.05, 4.69) is 5.32 Å². The van der Waals surface area contributed by atoms with Gasteiger partial charge in [-0.1, -0.05) is 18.2 Å². The van der Waals surface area contributed by atoms with Crippen molar-refractivity contribution in [3.05, 3.63) is 30.3 Å². The number of carboxylic acids is 1. The Labute approximate surface area is 140 Å². The summed E-state index contributed by atoms with van der Waals surface area (Å²) in [6.07, 6.45) is 2.48. The summed E-state index contributed by atoms with van der Waals surface area (Å²) in [7, 11) is 0. The highest BCUT2D eigenvalue weighted by Gasteiger charge is 2.43. The Bertz CT molecular complexity index is 623. The number of nitrogens with one attached hydrogen (secondary N) is 1. The van der Waals surface area contributed by atoms with Crippen LogP contribution in [0.3, 0.4) is 0 Å². The maximum atomic E-state index is 12.4. The molecular formula is C18H22N2O4. The van der Waals surface area contributed by atoms with Crippen molar-refractivity contribution < 1.29 is 19.5 Å². The smallest absolute Gasteiger partial charge is 0.307 e. The lowest BCUT2D eigenvalue weighted by Gasteiger charge is -2.39. The van der Waals surface area contributed by atoms with Crippen LogP contribution in [0.4, 0.5) is 5.69 Å². The maximum Gasteiger partial charge on any atom is 0.307 e. The number of benzene rings is 1. The summed E-state index contributed by atoms with van der Waals surface area (Å²) in [5, 5.41) is 12.0. The Morgan fingerprint density at radius 3 is 2.12 bits per heavy atom. The van der Waals surface area contributed by atoms with E-state index in [4.69, 9.17) is 5.11 Å². The van der Waals surface area contributed by atoms with Crippen LogP contribution in [0, 0.1) is 17.8 Å². The van der Waals surface area contributed by atoms with Crippen LogP contribution >= 0.6 is 0 Å². The molecule has 1 heterocycles. The summed E-state index contributed by atoms with van der Waals surface area (Å²) in [5.41, 5.74) is 0.778. The molecule has 1 saturated heterocycles. The topological polar surface area (TPSA) is 86.7 Å². The first-order valence-electron chi connectivity index (χ1n) is 8.44. The Balaban J connectivity index is 1.49. The first kappa shape index (κ1) is 16.5. The zero-order valence-electron chi connectivity index (χ0n) is 13.5. The molecule has 1 aliphatic carbocycles. The van der Waals surface area contributed by atoms with Crippen molar-refractivity contribution in [2.75, 3.05) is 18.4 Å². The van der Waals surface area contributed by atoms with Crippen molar-refractivity contribution in [3.8, 4) is 0 Å². The zero-order chi connectivity index (χ0) is 17.1. The van der Waals surface area contributed by atoms with Gasteiger partial charge in [0, 0.05) is 24.7 Å². The van der Waals surface area contributed by atoms with E-state index in [0.717, 1.165) is 5.69 Å². The lowest BCUT2D eigenvalue weighted by atomic mass is 9.72. The number of hydrogen-bond acceptors (Lipinski definition) is 3. The van der Waals surface area contributed by atoms with Gasteiger partial charge in [-0.3, -0.25) is 14.4 Å². The van der Waals surface area contributed by atoms with Gasteiger partial charge in [0.05, 0.1) is 11.8 Å². The van der Waals surface area contributed by atoms with Crippen molar-refractivity contribution in [2.24, 2.45) is 17.8 Å². The number of hydrogen-bond donors (Lipinski definition) is 2. The zero-order valence-corrected chi connectivity index (χ0v) is 13.5. The monoisotopic (exact) mass is 330 g/mol. The van der Waals surface area contributed by atoms with Gasteiger partial charge >= 0.3 is 5.97 Å². The lowest BCUT2D eigenvalue weighted by Crippen LogP contribution is -2.49. The molecule has 2 unspecified atom stereocenters. The lowest BCUT2D eigenvalue weighted by molar-refractivity contribution is -0.157. The first-order chi connectivity index (χ1) is 11.6. The fraction of sp³-hybridized carbons (Fsp3) is 0.500. The van der Waals surface area contributed by atoms with E-state index in [1.165, 1.54) is 0 Å². The van der Waals surface area contributed by atoms with Crippen molar-refractivity contribution in [1.82, 2.24) is 4.90 Å². The van der Waals surface area contributed by atoms with Crippen molar-refractivity contribution in [3.63, 3.8) is 0 Å². The largest absolute Gasteiger partial charge is 0.481 e. The van der Waals surface area contributed by atoms with Gasteiger partial charge in [-0.2, -0.15) is 0 Å². The molecule has 24 heavy (non-hydrogen) atoms. The van der Waals surface area contributed by atoms with Crippen LogP contribution < -0.4 is 5.32 Å². The van der Waals surface area contributed by atoms with E-state index < -0.39 is 11.9 Å². The van der Waals surface area contributed by atoms with E-state index >= 15 is 0 Å². The third-order valence-electron chi connectivity index (χ3n) is 5.13. The Hall–Kier alpha value is -2.37. The van der Waals surface area contributed by atoms with Gasteiger partial charge in [-0.15, -0.1) is 0 Å². The summed E-state index contributed by atoms with van der Waals surface area (Å²) < 4.78 is 0. The molecule has 1 aromatic rings. The number of piperidine rings is 1. The molecule has 0 spiro atoms. The number of rotatable bonds is 4. The maximum absolute atomic E-state index is 12.4. The van der Waals surface area contributed by atoms with E-state index in [9.17, 15) is 14.4 Å². The third-order valence-corrected chi connectivity index (χ3v) is 5.13. The van der Waals surface area contributed by atoms with Crippen LogP contribution in [-0.2, 0) is 14.4 Å². The number of aliphatic carboxylic acids is 1. The number of carboxylic acid groups (broad SMARTS) is 1. The highest BCUT2D eigenvalue weighted by molar-refractivity contribution is 5.93. The van der Waals surface area contributed by atoms with Crippen LogP contribution in [0.15, 0.2) is 30.3 Å². The first-order valence-corrected chi connectivity index (χ1v) is 8.44. The van der Waals surface area contributed by atoms with Crippen LogP contribution in [0.5, 0.6) is 0 Å². The number of carbonyl (C=O) groups is 3. The molecular weight excluding hydrogens is 308 g/mol. The molecule has 2 N–H and O–H groups in total. The second kappa shape index (κ2) is 7.03. The van der Waals surface area contributed by atoms with Gasteiger partial charge in [-0.05, 0) is 37.8 Å². The third kappa shape index (κ3) is 3.42. The molecule has 0 bridgehead atoms. The predicted octanol–water partition coefficient (Wildman–Crippen LogP) is 1.97. The van der Waals surface area contributed by atoms with Crippen molar-refractivity contribution in [2.45, 2.75) is 25.7 Å². The van der Waals surface area contributed by atoms with Crippen molar-refractivity contribution >= 4 is 23.5 Å². The van der Waals surface area contributed by atoms with E-state index in [0.29, 0.717) is 38.8 Å². The number of amides is 2. The number of nitrogens with zero attached hydrogens (tertiary/aromatic N) is 1. The van der Waals surface area contributed by atoms with Crippen LogP contribution in [0.25, 0.3) is 0 Å². The summed E-state index contributed by atoms with van der Waals surface area (Å²) >= 11 is 0. The quantitative estimate of drug-likeness (QED) is 0.884. The van der Waals surface area contributed by atoms with Crippen LogP contribution in [-0.4, -0.2) is 40.9 Å². The SMILES string of the molecule is O=C(Nc1ccccc1)C1CCN(C(=O)C2CCC2C(=O)O)CC1. The summed E-state index contributed by atoms with van der Waals surface area (Å²) in [6.45, 7) is 1.04. The molecule has 2 atom stereocenters. The second-order valence-corrected chi connectivity index (χ2v) is 6.58. The number of carbonyl (C=O) groups excluding carboxylic acids is 2. The molecule has 2 aliphatic rings. The van der Waals surface area contributed by atoms with Gasteiger partial charge in [0.1, 0.15) is 0 Å². The minimum absolute atomic E-state index is 0.0136. The fourth-order valence-corrected chi connectivity index (χ4v) is 3.45. The van der Waals surface area contributed by atoms with Gasteiger partial charge < -0.3 is 15.3 Å². The molecule has 6 nitrogen and oxygen atoms in total.